The van der Waals surface area contributed by atoms with Gasteiger partial charge in [0.2, 0.25) is 5.91 Å². The number of nitrogens with two attached hydrogens (primary N) is 1. The van der Waals surface area contributed by atoms with Gasteiger partial charge in [-0.15, -0.1) is 0 Å². The average Bonchev–Trinajstić information content (AvgIpc) is 2.26. The number of hydrogen-bond donors (Lipinski definition) is 2. The maximum absolute atomic E-state index is 11.6. The minimum atomic E-state index is -0.369. The van der Waals surface area contributed by atoms with Crippen LogP contribution in [0.25, 0.3) is 0 Å². The van der Waals surface area contributed by atoms with E-state index in [1.807, 2.05) is 13.8 Å². The molecule has 3 N–H and O–H groups in total. The molecule has 1 heterocycles. The third kappa shape index (κ3) is 4.10. The van der Waals surface area contributed by atoms with E-state index in [0.717, 1.165) is 19.6 Å². The number of likely N-dealkylation sites (tertiary alicyclic amines) is 1. The molecule has 1 atom stereocenters. The molecule has 4 heteroatoms. The minimum absolute atomic E-state index is 0.00562. The molecule has 0 aromatic heterocycles. The van der Waals surface area contributed by atoms with Gasteiger partial charge in [0.05, 0.1) is 6.04 Å². The number of hydrogen-bond acceptors (Lipinski definition) is 3. The monoisotopic (exact) mass is 227 g/mol. The molecule has 0 aliphatic carbocycles. The van der Waals surface area contributed by atoms with Crippen molar-refractivity contribution in [3.8, 4) is 0 Å². The zero-order valence-corrected chi connectivity index (χ0v) is 10.7. The van der Waals surface area contributed by atoms with Gasteiger partial charge in [-0.05, 0) is 44.8 Å². The molecule has 16 heavy (non-hydrogen) atoms. The summed E-state index contributed by atoms with van der Waals surface area (Å²) in [6.45, 7) is 7.00. The van der Waals surface area contributed by atoms with Crippen molar-refractivity contribution in [2.24, 2.45) is 17.6 Å². The molecule has 1 rings (SSSR count). The summed E-state index contributed by atoms with van der Waals surface area (Å²) >= 11 is 0. The lowest BCUT2D eigenvalue weighted by Gasteiger charge is -2.29. The zero-order chi connectivity index (χ0) is 12.1. The number of piperidine rings is 1. The summed E-state index contributed by atoms with van der Waals surface area (Å²) in [5.74, 6) is 0.825. The highest BCUT2D eigenvalue weighted by Crippen LogP contribution is 2.14. The summed E-state index contributed by atoms with van der Waals surface area (Å²) in [4.78, 5) is 14.0. The van der Waals surface area contributed by atoms with Crippen LogP contribution in [0.2, 0.25) is 0 Å². The maximum Gasteiger partial charge on any atom is 0.237 e. The summed E-state index contributed by atoms with van der Waals surface area (Å²) in [6, 6.07) is -0.369. The Balaban J connectivity index is 2.22. The van der Waals surface area contributed by atoms with E-state index in [9.17, 15) is 4.79 Å². The van der Waals surface area contributed by atoms with Gasteiger partial charge >= 0.3 is 0 Å². The molecule has 0 aromatic rings. The Morgan fingerprint density at radius 2 is 2.00 bits per heavy atom. The fraction of sp³-hybridized carbons (Fsp3) is 0.917. The second kappa shape index (κ2) is 6.21. The van der Waals surface area contributed by atoms with Crippen molar-refractivity contribution < 1.29 is 4.79 Å². The molecule has 1 fully saturated rings. The molecule has 0 spiro atoms. The van der Waals surface area contributed by atoms with Crippen LogP contribution in [0, 0.1) is 11.8 Å². The van der Waals surface area contributed by atoms with Crippen LogP contribution >= 0.6 is 0 Å². The third-order valence-electron chi connectivity index (χ3n) is 3.42. The van der Waals surface area contributed by atoms with Crippen LogP contribution in [0.1, 0.15) is 26.7 Å². The van der Waals surface area contributed by atoms with E-state index in [2.05, 4.69) is 17.3 Å². The van der Waals surface area contributed by atoms with Gasteiger partial charge in [0.25, 0.3) is 0 Å². The van der Waals surface area contributed by atoms with E-state index in [-0.39, 0.29) is 17.9 Å². The fourth-order valence-electron chi connectivity index (χ4n) is 1.93. The van der Waals surface area contributed by atoms with Crippen LogP contribution in [0.15, 0.2) is 0 Å². The Morgan fingerprint density at radius 3 is 2.50 bits per heavy atom. The lowest BCUT2D eigenvalue weighted by atomic mass is 9.96. The number of rotatable bonds is 4. The quantitative estimate of drug-likeness (QED) is 0.732. The molecule has 4 nitrogen and oxygen atoms in total. The molecule has 0 radical (unpaired) electrons. The molecule has 1 aliphatic rings. The van der Waals surface area contributed by atoms with Gasteiger partial charge in [-0.1, -0.05) is 13.8 Å². The first-order valence-corrected chi connectivity index (χ1v) is 6.22. The molecular weight excluding hydrogens is 202 g/mol. The van der Waals surface area contributed by atoms with Crippen molar-refractivity contribution in [1.82, 2.24) is 10.2 Å². The normalized spacial score (nSPS) is 21.1. The predicted molar refractivity (Wildman–Crippen MR) is 66.0 cm³/mol. The summed E-state index contributed by atoms with van der Waals surface area (Å²) < 4.78 is 0. The third-order valence-corrected chi connectivity index (χ3v) is 3.42. The van der Waals surface area contributed by atoms with Crippen LogP contribution in [-0.4, -0.2) is 43.5 Å². The number of carbonyl (C=O) groups is 1. The van der Waals surface area contributed by atoms with Crippen molar-refractivity contribution in [2.75, 3.05) is 26.7 Å². The summed E-state index contributed by atoms with van der Waals surface area (Å²) in [5.41, 5.74) is 5.78. The Hall–Kier alpha value is -0.610. The summed E-state index contributed by atoms with van der Waals surface area (Å²) in [7, 11) is 2.14. The first-order valence-electron chi connectivity index (χ1n) is 6.22. The summed E-state index contributed by atoms with van der Waals surface area (Å²) in [5, 5.41) is 2.97. The van der Waals surface area contributed by atoms with Gasteiger partial charge in [0.1, 0.15) is 0 Å². The molecule has 0 bridgehead atoms. The highest BCUT2D eigenvalue weighted by molar-refractivity contribution is 5.81. The van der Waals surface area contributed by atoms with E-state index >= 15 is 0 Å². The standard InChI is InChI=1S/C12H25N3O/c1-9(2)11(13)12(16)14-8-10-4-6-15(3)7-5-10/h9-11H,4-8,13H2,1-3H3,(H,14,16)/t11-/m1/s1. The Kier molecular flexibility index (Phi) is 5.22. The van der Waals surface area contributed by atoms with Crippen LogP contribution < -0.4 is 11.1 Å². The number of nitrogens with one attached hydrogen (secondary N) is 1. The first-order chi connectivity index (χ1) is 7.50. The molecule has 1 amide bonds. The van der Waals surface area contributed by atoms with E-state index in [0.29, 0.717) is 5.92 Å². The SMILES string of the molecule is CC(C)[C@@H](N)C(=O)NCC1CCN(C)CC1. The van der Waals surface area contributed by atoms with Gasteiger partial charge in [-0.3, -0.25) is 4.79 Å². The molecule has 94 valence electrons. The second-order valence-corrected chi connectivity index (χ2v) is 5.26. The van der Waals surface area contributed by atoms with Crippen molar-refractivity contribution in [2.45, 2.75) is 32.7 Å². The second-order valence-electron chi connectivity index (χ2n) is 5.26. The molecular formula is C12H25N3O. The fourth-order valence-corrected chi connectivity index (χ4v) is 1.93. The maximum atomic E-state index is 11.6. The molecule has 0 unspecified atom stereocenters. The lowest BCUT2D eigenvalue weighted by Crippen LogP contribution is -2.46. The van der Waals surface area contributed by atoms with Crippen LogP contribution in [0.4, 0.5) is 0 Å². The molecule has 1 saturated heterocycles. The smallest absolute Gasteiger partial charge is 0.237 e. The number of carbonyl (C=O) groups excluding carboxylic acids is 1. The lowest BCUT2D eigenvalue weighted by molar-refractivity contribution is -0.123. The average molecular weight is 227 g/mol. The predicted octanol–water partition coefficient (Wildman–Crippen LogP) is 0.428. The topological polar surface area (TPSA) is 58.4 Å². The highest BCUT2D eigenvalue weighted by Gasteiger charge is 2.20. The van der Waals surface area contributed by atoms with Crippen molar-refractivity contribution >= 4 is 5.91 Å². The van der Waals surface area contributed by atoms with Gasteiger partial charge in [-0.25, -0.2) is 0 Å². The number of amides is 1. The minimum Gasteiger partial charge on any atom is -0.354 e. The van der Waals surface area contributed by atoms with E-state index in [4.69, 9.17) is 5.73 Å². The largest absolute Gasteiger partial charge is 0.354 e. The number of nitrogens with zero attached hydrogens (tertiary/aromatic N) is 1. The highest BCUT2D eigenvalue weighted by atomic mass is 16.2. The Bertz CT molecular complexity index is 222. The zero-order valence-electron chi connectivity index (χ0n) is 10.7. The first kappa shape index (κ1) is 13.5. The van der Waals surface area contributed by atoms with Crippen molar-refractivity contribution in [1.29, 1.82) is 0 Å². The van der Waals surface area contributed by atoms with E-state index in [1.54, 1.807) is 0 Å². The molecule has 0 saturated carbocycles. The molecule has 1 aliphatic heterocycles. The van der Waals surface area contributed by atoms with Gasteiger partial charge < -0.3 is 16.0 Å². The van der Waals surface area contributed by atoms with Crippen molar-refractivity contribution in [3.63, 3.8) is 0 Å². The van der Waals surface area contributed by atoms with Gasteiger partial charge in [0.15, 0.2) is 0 Å². The van der Waals surface area contributed by atoms with Crippen molar-refractivity contribution in [3.05, 3.63) is 0 Å². The summed E-state index contributed by atoms with van der Waals surface area (Å²) in [6.07, 6.45) is 2.35. The Labute approximate surface area is 98.6 Å². The van der Waals surface area contributed by atoms with Gasteiger partial charge in [-0.2, -0.15) is 0 Å². The van der Waals surface area contributed by atoms with Crippen LogP contribution in [-0.2, 0) is 4.79 Å². The van der Waals surface area contributed by atoms with Crippen LogP contribution in [0.3, 0.4) is 0 Å². The molecule has 0 aromatic carbocycles. The van der Waals surface area contributed by atoms with E-state index < -0.39 is 0 Å². The van der Waals surface area contributed by atoms with Crippen LogP contribution in [0.5, 0.6) is 0 Å². The van der Waals surface area contributed by atoms with E-state index in [1.165, 1.54) is 12.8 Å². The van der Waals surface area contributed by atoms with Gasteiger partial charge in [0, 0.05) is 6.54 Å². The Morgan fingerprint density at radius 1 is 1.44 bits per heavy atom.